The van der Waals surface area contributed by atoms with E-state index in [1.165, 1.54) is 148 Å². The fourth-order valence-corrected chi connectivity index (χ4v) is 8.01. The predicted molar refractivity (Wildman–Crippen MR) is 286 cm³/mol. The minimum atomic E-state index is -1.51. The van der Waals surface area contributed by atoms with Crippen molar-refractivity contribution in [2.45, 2.75) is 264 Å². The van der Waals surface area contributed by atoms with Crippen LogP contribution in [0.1, 0.15) is 251 Å². The van der Waals surface area contributed by atoms with Crippen LogP contribution in [0.4, 0.5) is 0 Å². The summed E-state index contributed by atoms with van der Waals surface area (Å²) in [4.78, 5) is 37.4. The molecule has 0 amide bonds. The number of rotatable bonds is 52. The number of allylic oxidation sites excluding steroid dienone is 8. The molecule has 0 aliphatic carbocycles. The lowest BCUT2D eigenvalue weighted by molar-refractivity contribution is -0.870. The molecule has 0 rings (SSSR count). The second-order valence-corrected chi connectivity index (χ2v) is 20.2. The number of carboxylic acids is 1. The van der Waals surface area contributed by atoms with Gasteiger partial charge < -0.3 is 28.5 Å². The van der Waals surface area contributed by atoms with Gasteiger partial charge in [-0.05, 0) is 51.4 Å². The van der Waals surface area contributed by atoms with Gasteiger partial charge in [0.15, 0.2) is 6.10 Å². The highest BCUT2D eigenvalue weighted by atomic mass is 16.7. The second-order valence-electron chi connectivity index (χ2n) is 20.2. The first kappa shape index (κ1) is 65.2. The zero-order chi connectivity index (χ0) is 49.9. The maximum absolute atomic E-state index is 12.9. The van der Waals surface area contributed by atoms with E-state index in [1.54, 1.807) is 0 Å². The normalized spacial score (nSPS) is 13.1. The quantitative estimate of drug-likeness (QED) is 0.0211. The van der Waals surface area contributed by atoms with Gasteiger partial charge in [0, 0.05) is 12.8 Å². The Hall–Kier alpha value is -2.75. The Balaban J connectivity index is 4.26. The Kier molecular flexibility index (Phi) is 48.6. The zero-order valence-electron chi connectivity index (χ0n) is 45.0. The van der Waals surface area contributed by atoms with Gasteiger partial charge in [0.2, 0.25) is 0 Å². The van der Waals surface area contributed by atoms with Crippen molar-refractivity contribution in [1.29, 1.82) is 0 Å². The summed E-state index contributed by atoms with van der Waals surface area (Å²) in [6.45, 7) is 4.79. The van der Waals surface area contributed by atoms with Crippen LogP contribution in [0.3, 0.4) is 0 Å². The van der Waals surface area contributed by atoms with Crippen LogP contribution in [0.5, 0.6) is 0 Å². The molecule has 9 heteroatoms. The van der Waals surface area contributed by atoms with Gasteiger partial charge in [-0.1, -0.05) is 236 Å². The molecular weight excluding hydrogens is 851 g/mol. The number of aliphatic carboxylic acids is 1. The molecule has 0 saturated carbocycles. The highest BCUT2D eigenvalue weighted by Crippen LogP contribution is 2.17. The third kappa shape index (κ3) is 51.1. The highest BCUT2D eigenvalue weighted by molar-refractivity contribution is 5.71. The van der Waals surface area contributed by atoms with E-state index in [0.29, 0.717) is 23.9 Å². The fraction of sp³-hybridized carbons (Fsp3) is 0.814. The number of unbranched alkanes of at least 4 members (excludes halogenated alkanes) is 29. The number of hydrogen-bond donors (Lipinski definition) is 1. The first-order valence-corrected chi connectivity index (χ1v) is 28.3. The number of nitrogens with zero attached hydrogens (tertiary/aromatic N) is 1. The average molecular weight is 960 g/mol. The SMILES string of the molecule is CC/C=C\C/C=C\C/C=C\C/C=C\CCCCCCCCCCC(=O)OC(COC(=O)CCCCCCCCCCCCCCCCCCCCCCCC)COC(OCC[N+](C)(C)C)C(=O)O. The molecule has 396 valence electrons. The summed E-state index contributed by atoms with van der Waals surface area (Å²) in [6, 6.07) is 0. The van der Waals surface area contributed by atoms with Gasteiger partial charge in [-0.15, -0.1) is 0 Å². The molecule has 0 saturated heterocycles. The molecule has 0 aromatic carbocycles. The Morgan fingerprint density at radius 1 is 0.456 bits per heavy atom. The summed E-state index contributed by atoms with van der Waals surface area (Å²) in [5.74, 6) is -2.00. The summed E-state index contributed by atoms with van der Waals surface area (Å²) >= 11 is 0. The predicted octanol–water partition coefficient (Wildman–Crippen LogP) is 16.3. The topological polar surface area (TPSA) is 108 Å². The summed E-state index contributed by atoms with van der Waals surface area (Å²) in [7, 11) is 5.97. The van der Waals surface area contributed by atoms with Crippen molar-refractivity contribution < 1.29 is 42.9 Å². The van der Waals surface area contributed by atoms with Gasteiger partial charge in [-0.25, -0.2) is 4.79 Å². The molecular formula is C59H108NO8+. The van der Waals surface area contributed by atoms with Crippen LogP contribution in [0.25, 0.3) is 0 Å². The number of carbonyl (C=O) groups excluding carboxylic acids is 2. The van der Waals surface area contributed by atoms with Crippen molar-refractivity contribution in [1.82, 2.24) is 0 Å². The van der Waals surface area contributed by atoms with Crippen LogP contribution < -0.4 is 0 Å². The Morgan fingerprint density at radius 3 is 1.25 bits per heavy atom. The van der Waals surface area contributed by atoms with E-state index in [1.807, 2.05) is 21.1 Å². The Bertz CT molecular complexity index is 1250. The molecule has 0 aliphatic heterocycles. The minimum Gasteiger partial charge on any atom is -0.477 e. The van der Waals surface area contributed by atoms with E-state index < -0.39 is 24.3 Å². The summed E-state index contributed by atoms with van der Waals surface area (Å²) in [5, 5.41) is 9.69. The molecule has 0 heterocycles. The molecule has 0 aromatic heterocycles. The molecule has 1 N–H and O–H groups in total. The van der Waals surface area contributed by atoms with Crippen molar-refractivity contribution in [3.05, 3.63) is 48.6 Å². The van der Waals surface area contributed by atoms with Crippen molar-refractivity contribution in [2.24, 2.45) is 0 Å². The van der Waals surface area contributed by atoms with Crippen LogP contribution in [-0.2, 0) is 33.3 Å². The Labute approximate surface area is 419 Å². The number of esters is 2. The number of quaternary nitrogens is 1. The number of ether oxygens (including phenoxy) is 4. The van der Waals surface area contributed by atoms with Gasteiger partial charge in [0.25, 0.3) is 6.29 Å². The highest BCUT2D eigenvalue weighted by Gasteiger charge is 2.25. The molecule has 0 spiro atoms. The van der Waals surface area contributed by atoms with Gasteiger partial charge in [0.05, 0.1) is 34.4 Å². The van der Waals surface area contributed by atoms with Gasteiger partial charge in [-0.3, -0.25) is 9.59 Å². The maximum Gasteiger partial charge on any atom is 0.361 e. The van der Waals surface area contributed by atoms with Crippen LogP contribution >= 0.6 is 0 Å². The second kappa shape index (κ2) is 50.6. The smallest absolute Gasteiger partial charge is 0.361 e. The molecule has 0 aliphatic rings. The molecule has 0 bridgehead atoms. The largest absolute Gasteiger partial charge is 0.477 e. The number of carbonyl (C=O) groups is 3. The lowest BCUT2D eigenvalue weighted by Gasteiger charge is -2.25. The Morgan fingerprint density at radius 2 is 0.838 bits per heavy atom. The lowest BCUT2D eigenvalue weighted by atomic mass is 10.0. The molecule has 0 aromatic rings. The van der Waals surface area contributed by atoms with Crippen molar-refractivity contribution in [2.75, 3.05) is 47.5 Å². The van der Waals surface area contributed by atoms with Gasteiger partial charge >= 0.3 is 17.9 Å². The third-order valence-corrected chi connectivity index (χ3v) is 12.3. The van der Waals surface area contributed by atoms with Crippen molar-refractivity contribution in [3.63, 3.8) is 0 Å². The summed E-state index contributed by atoms with van der Waals surface area (Å²) in [6.07, 6.45) is 59.0. The maximum atomic E-state index is 12.9. The summed E-state index contributed by atoms with van der Waals surface area (Å²) in [5.41, 5.74) is 0. The molecule has 2 atom stereocenters. The van der Waals surface area contributed by atoms with Crippen molar-refractivity contribution in [3.8, 4) is 0 Å². The molecule has 9 nitrogen and oxygen atoms in total. The molecule has 68 heavy (non-hydrogen) atoms. The minimum absolute atomic E-state index is 0.183. The molecule has 0 fully saturated rings. The van der Waals surface area contributed by atoms with E-state index in [0.717, 1.165) is 70.6 Å². The van der Waals surface area contributed by atoms with Crippen molar-refractivity contribution >= 4 is 17.9 Å². The molecule has 2 unspecified atom stereocenters. The first-order valence-electron chi connectivity index (χ1n) is 28.3. The average Bonchev–Trinajstić information content (AvgIpc) is 3.30. The van der Waals surface area contributed by atoms with E-state index in [9.17, 15) is 19.5 Å². The zero-order valence-corrected chi connectivity index (χ0v) is 45.0. The summed E-state index contributed by atoms with van der Waals surface area (Å²) < 4.78 is 22.9. The standard InChI is InChI=1S/C59H107NO8/c1-6-8-10-12-14-16-18-20-22-24-26-28-30-31-33-35-37-39-41-43-45-47-49-56(61)66-53-55(54-67-59(58(63)64)65-52-51-60(3,4)5)68-57(62)50-48-46-44-42-40-38-36-34-32-29-27-25-23-21-19-17-15-13-11-9-7-2/h9,11,15,17,21,23,27,29,55,59H,6-8,10,12-14,16,18-20,22,24-26,28,30-54H2,1-5H3/p+1/b11-9-,17-15-,23-21-,29-27-. The first-order chi connectivity index (χ1) is 33.1. The monoisotopic (exact) mass is 959 g/mol. The van der Waals surface area contributed by atoms with Crippen LogP contribution in [0, 0.1) is 0 Å². The fourth-order valence-electron chi connectivity index (χ4n) is 8.01. The van der Waals surface area contributed by atoms with E-state index in [4.69, 9.17) is 18.9 Å². The number of hydrogen-bond acceptors (Lipinski definition) is 7. The third-order valence-electron chi connectivity index (χ3n) is 12.3. The lowest BCUT2D eigenvalue weighted by Crippen LogP contribution is -2.40. The van der Waals surface area contributed by atoms with E-state index >= 15 is 0 Å². The van der Waals surface area contributed by atoms with Gasteiger partial charge in [-0.2, -0.15) is 0 Å². The van der Waals surface area contributed by atoms with E-state index in [-0.39, 0.29) is 32.2 Å². The number of likely N-dealkylation sites (N-methyl/N-ethyl adjacent to an activating group) is 1. The molecule has 0 radical (unpaired) electrons. The number of carboxylic acid groups (broad SMARTS) is 1. The van der Waals surface area contributed by atoms with Gasteiger partial charge in [0.1, 0.15) is 13.2 Å². The van der Waals surface area contributed by atoms with Crippen LogP contribution in [-0.4, -0.2) is 87.4 Å². The van der Waals surface area contributed by atoms with E-state index in [2.05, 4.69) is 62.5 Å². The van der Waals surface area contributed by atoms with Crippen LogP contribution in [0.2, 0.25) is 0 Å². The van der Waals surface area contributed by atoms with Crippen LogP contribution in [0.15, 0.2) is 48.6 Å².